The number of nitro groups is 2. The van der Waals surface area contributed by atoms with Crippen LogP contribution >= 0.6 is 0 Å². The van der Waals surface area contributed by atoms with Gasteiger partial charge in [-0.15, -0.1) is 0 Å². The minimum Gasteiger partial charge on any atom is -0.258 e. The molecule has 41 heavy (non-hydrogen) atoms. The highest BCUT2D eigenvalue weighted by Gasteiger charge is 2.33. The minimum absolute atomic E-state index is 0.0549. The molecule has 9 heteroatoms. The molecule has 208 valence electrons. The number of nitrogens with zero attached hydrogens (tertiary/aromatic N) is 2. The number of hydrogen-bond acceptors (Lipinski definition) is 6. The van der Waals surface area contributed by atoms with E-state index in [0.29, 0.717) is 22.3 Å². The van der Waals surface area contributed by atoms with Crippen molar-refractivity contribution in [2.24, 2.45) is 0 Å². The van der Waals surface area contributed by atoms with Gasteiger partial charge in [-0.3, -0.25) is 20.2 Å². The molecule has 4 rings (SSSR count). The zero-order valence-corrected chi connectivity index (χ0v) is 23.3. The number of nitro benzene ring substituents is 2. The lowest BCUT2D eigenvalue weighted by Gasteiger charge is -2.22. The molecule has 0 aromatic heterocycles. The van der Waals surface area contributed by atoms with E-state index in [0.717, 1.165) is 11.1 Å². The standard InChI is InChI=1S/C32H28N2O6S/c1-23-3-13-27(14-4-23)31(21-11-25-7-17-29(18-8-25)33(35)36)41(39,40)32(28-15-5-24(2)6-16-28)22-12-26-9-19-30(20-10-26)34(37)38/h3-22,31-32H,1-2H3. The Morgan fingerprint density at radius 3 is 1.17 bits per heavy atom. The maximum absolute atomic E-state index is 14.4. The summed E-state index contributed by atoms with van der Waals surface area (Å²) in [7, 11) is -3.97. The van der Waals surface area contributed by atoms with Crippen molar-refractivity contribution in [1.29, 1.82) is 0 Å². The van der Waals surface area contributed by atoms with Crippen molar-refractivity contribution < 1.29 is 18.3 Å². The van der Waals surface area contributed by atoms with E-state index in [1.165, 1.54) is 24.3 Å². The maximum Gasteiger partial charge on any atom is 0.269 e. The van der Waals surface area contributed by atoms with Crippen LogP contribution in [0, 0.1) is 34.1 Å². The Kier molecular flexibility index (Phi) is 8.89. The van der Waals surface area contributed by atoms with Crippen molar-refractivity contribution in [2.45, 2.75) is 24.3 Å². The number of aryl methyl sites for hydroxylation is 2. The monoisotopic (exact) mass is 568 g/mol. The average molecular weight is 569 g/mol. The molecule has 0 saturated carbocycles. The van der Waals surface area contributed by atoms with Gasteiger partial charge in [0.2, 0.25) is 0 Å². The number of rotatable bonds is 10. The lowest BCUT2D eigenvalue weighted by molar-refractivity contribution is -0.385. The lowest BCUT2D eigenvalue weighted by Crippen LogP contribution is -2.19. The molecule has 0 radical (unpaired) electrons. The van der Waals surface area contributed by atoms with Crippen LogP contribution in [-0.4, -0.2) is 18.3 Å². The molecule has 0 fully saturated rings. The highest BCUT2D eigenvalue weighted by Crippen LogP contribution is 2.37. The molecule has 0 saturated heterocycles. The Balaban J connectivity index is 1.79. The van der Waals surface area contributed by atoms with Crippen LogP contribution in [0.3, 0.4) is 0 Å². The quantitative estimate of drug-likeness (QED) is 0.142. The molecule has 0 aliphatic rings. The van der Waals surface area contributed by atoms with Gasteiger partial charge in [-0.25, -0.2) is 8.42 Å². The SMILES string of the molecule is Cc1ccc(C(C=Cc2ccc([N+](=O)[O-])cc2)S(=O)(=O)C(C=Cc2ccc([N+](=O)[O-])cc2)c2ccc(C)cc2)cc1. The number of sulfone groups is 1. The predicted octanol–water partition coefficient (Wildman–Crippen LogP) is 7.74. The van der Waals surface area contributed by atoms with Crippen molar-refractivity contribution in [2.75, 3.05) is 0 Å². The van der Waals surface area contributed by atoms with Gasteiger partial charge in [0.15, 0.2) is 9.84 Å². The summed E-state index contributed by atoms with van der Waals surface area (Å²) in [4.78, 5) is 21.1. The van der Waals surface area contributed by atoms with E-state index in [4.69, 9.17) is 0 Å². The molecule has 2 atom stereocenters. The second-order valence-electron chi connectivity index (χ2n) is 9.67. The number of non-ortho nitro benzene ring substituents is 2. The summed E-state index contributed by atoms with van der Waals surface area (Å²) in [6.45, 7) is 3.84. The van der Waals surface area contributed by atoms with E-state index in [1.807, 2.05) is 38.1 Å². The Morgan fingerprint density at radius 1 is 0.561 bits per heavy atom. The van der Waals surface area contributed by atoms with Gasteiger partial charge in [0.05, 0.1) is 9.85 Å². The van der Waals surface area contributed by atoms with Gasteiger partial charge >= 0.3 is 0 Å². The average Bonchev–Trinajstić information content (AvgIpc) is 2.95. The van der Waals surface area contributed by atoms with E-state index in [9.17, 15) is 28.6 Å². The van der Waals surface area contributed by atoms with Crippen LogP contribution in [-0.2, 0) is 9.84 Å². The molecule has 0 aliphatic carbocycles. The van der Waals surface area contributed by atoms with Crippen molar-refractivity contribution >= 4 is 33.4 Å². The maximum atomic E-state index is 14.4. The van der Waals surface area contributed by atoms with Gasteiger partial charge in [-0.2, -0.15) is 0 Å². The molecular weight excluding hydrogens is 540 g/mol. The van der Waals surface area contributed by atoms with Gasteiger partial charge in [0.1, 0.15) is 10.5 Å². The predicted molar refractivity (Wildman–Crippen MR) is 161 cm³/mol. The molecule has 8 nitrogen and oxygen atoms in total. The molecule has 2 unspecified atom stereocenters. The first kappa shape index (κ1) is 29.1. The van der Waals surface area contributed by atoms with Crippen LogP contribution in [0.4, 0.5) is 11.4 Å². The van der Waals surface area contributed by atoms with Gasteiger partial charge in [-0.05, 0) is 60.4 Å². The van der Waals surface area contributed by atoms with Crippen LogP contribution in [0.5, 0.6) is 0 Å². The van der Waals surface area contributed by atoms with Gasteiger partial charge in [-0.1, -0.05) is 84.0 Å². The first-order chi connectivity index (χ1) is 19.5. The van der Waals surface area contributed by atoms with Crippen LogP contribution < -0.4 is 0 Å². The zero-order chi connectivity index (χ0) is 29.6. The molecule has 0 heterocycles. The van der Waals surface area contributed by atoms with E-state index in [2.05, 4.69) is 0 Å². The fourth-order valence-electron chi connectivity index (χ4n) is 4.30. The second kappa shape index (κ2) is 12.5. The molecular formula is C32H28N2O6S. The molecule has 4 aromatic rings. The zero-order valence-electron chi connectivity index (χ0n) is 22.5. The summed E-state index contributed by atoms with van der Waals surface area (Å²) in [5.41, 5.74) is 4.26. The summed E-state index contributed by atoms with van der Waals surface area (Å²) in [6.07, 6.45) is 6.50. The third-order valence-electron chi connectivity index (χ3n) is 6.65. The fourth-order valence-corrected chi connectivity index (χ4v) is 6.29. The summed E-state index contributed by atoms with van der Waals surface area (Å²) in [6, 6.07) is 26.3. The van der Waals surface area contributed by atoms with E-state index < -0.39 is 30.2 Å². The second-order valence-corrected chi connectivity index (χ2v) is 11.9. The molecule has 0 spiro atoms. The molecule has 0 bridgehead atoms. The van der Waals surface area contributed by atoms with Crippen LogP contribution in [0.1, 0.15) is 43.9 Å². The summed E-state index contributed by atoms with van der Waals surface area (Å²) in [5.74, 6) is 0. The Bertz CT molecular complexity index is 1570. The highest BCUT2D eigenvalue weighted by atomic mass is 32.2. The third-order valence-corrected chi connectivity index (χ3v) is 8.93. The Hall–Kier alpha value is -4.89. The Labute approximate surface area is 238 Å². The summed E-state index contributed by atoms with van der Waals surface area (Å²) < 4.78 is 28.9. The smallest absolute Gasteiger partial charge is 0.258 e. The first-order valence-corrected chi connectivity index (χ1v) is 14.4. The van der Waals surface area contributed by atoms with Crippen LogP contribution in [0.25, 0.3) is 12.2 Å². The van der Waals surface area contributed by atoms with Crippen LogP contribution in [0.2, 0.25) is 0 Å². The van der Waals surface area contributed by atoms with Crippen molar-refractivity contribution in [3.05, 3.63) is 163 Å². The molecule has 0 amide bonds. The normalized spacial score (nSPS) is 13.3. The van der Waals surface area contributed by atoms with Crippen molar-refractivity contribution in [1.82, 2.24) is 0 Å². The van der Waals surface area contributed by atoms with Gasteiger partial charge < -0.3 is 0 Å². The third kappa shape index (κ3) is 7.20. The van der Waals surface area contributed by atoms with Gasteiger partial charge in [0.25, 0.3) is 11.4 Å². The molecule has 0 N–H and O–H groups in total. The Morgan fingerprint density at radius 2 is 0.878 bits per heavy atom. The highest BCUT2D eigenvalue weighted by molar-refractivity contribution is 7.92. The van der Waals surface area contributed by atoms with Gasteiger partial charge in [0, 0.05) is 24.3 Å². The van der Waals surface area contributed by atoms with E-state index in [-0.39, 0.29) is 11.4 Å². The minimum atomic E-state index is -3.97. The lowest BCUT2D eigenvalue weighted by atomic mass is 10.1. The number of benzene rings is 4. The van der Waals surface area contributed by atoms with Crippen LogP contribution in [0.15, 0.2) is 109 Å². The molecule has 0 aliphatic heterocycles. The van der Waals surface area contributed by atoms with E-state index in [1.54, 1.807) is 72.8 Å². The largest absolute Gasteiger partial charge is 0.269 e. The first-order valence-electron chi connectivity index (χ1n) is 12.8. The van der Waals surface area contributed by atoms with Crippen molar-refractivity contribution in [3.8, 4) is 0 Å². The number of hydrogen-bond donors (Lipinski definition) is 0. The summed E-state index contributed by atoms with van der Waals surface area (Å²) >= 11 is 0. The summed E-state index contributed by atoms with van der Waals surface area (Å²) in [5, 5.41) is 20.0. The fraction of sp³-hybridized carbons (Fsp3) is 0.125. The molecule has 4 aromatic carbocycles. The van der Waals surface area contributed by atoms with E-state index >= 15 is 0 Å². The topological polar surface area (TPSA) is 120 Å². The van der Waals surface area contributed by atoms with Crippen molar-refractivity contribution in [3.63, 3.8) is 0 Å².